The zero-order valence-corrected chi connectivity index (χ0v) is 8.80. The van der Waals surface area contributed by atoms with E-state index >= 15 is 0 Å². The number of fused-ring (bicyclic) bond motifs is 1. The minimum Gasteiger partial charge on any atom is -0.394 e. The summed E-state index contributed by atoms with van der Waals surface area (Å²) in [7, 11) is 0. The number of pyridine rings is 1. The zero-order chi connectivity index (χ0) is 11.0. The average molecular weight is 215 g/mol. The van der Waals surface area contributed by atoms with Crippen LogP contribution in [0.2, 0.25) is 0 Å². The number of hydrogen-bond acceptors (Lipinski definition) is 4. The molecule has 0 amide bonds. The highest BCUT2D eigenvalue weighted by atomic mass is 15.4. The molecule has 16 heavy (non-hydrogen) atoms. The fourth-order valence-corrected chi connectivity index (χ4v) is 2.09. The average Bonchev–Trinajstić information content (AvgIpc) is 2.73. The van der Waals surface area contributed by atoms with Crippen LogP contribution in [0.25, 0.3) is 0 Å². The van der Waals surface area contributed by atoms with Crippen molar-refractivity contribution in [1.82, 2.24) is 14.8 Å². The molecule has 0 spiro atoms. The van der Waals surface area contributed by atoms with Gasteiger partial charge in [-0.1, -0.05) is 6.07 Å². The molecule has 0 aromatic carbocycles. The summed E-state index contributed by atoms with van der Waals surface area (Å²) in [6.07, 6.45) is 4.47. The molecule has 0 bridgehead atoms. The predicted octanol–water partition coefficient (Wildman–Crippen LogP) is 1.27. The lowest BCUT2D eigenvalue weighted by atomic mass is 10.1. The third-order valence-electron chi connectivity index (χ3n) is 2.86. The van der Waals surface area contributed by atoms with Gasteiger partial charge >= 0.3 is 0 Å². The molecular weight excluding hydrogens is 202 g/mol. The Morgan fingerprint density at radius 1 is 1.44 bits per heavy atom. The van der Waals surface area contributed by atoms with Gasteiger partial charge in [0.25, 0.3) is 0 Å². The van der Waals surface area contributed by atoms with Crippen LogP contribution in [0.1, 0.15) is 18.2 Å². The first-order chi connectivity index (χ1) is 7.86. The van der Waals surface area contributed by atoms with Crippen LogP contribution >= 0.6 is 0 Å². The first-order valence-corrected chi connectivity index (χ1v) is 5.34. The summed E-state index contributed by atoms with van der Waals surface area (Å²) < 4.78 is 1.92. The van der Waals surface area contributed by atoms with Crippen LogP contribution in [-0.4, -0.2) is 21.3 Å². The van der Waals surface area contributed by atoms with E-state index in [-0.39, 0.29) is 6.04 Å². The van der Waals surface area contributed by atoms with Gasteiger partial charge in [-0.2, -0.15) is 5.10 Å². The summed E-state index contributed by atoms with van der Waals surface area (Å²) >= 11 is 0. The van der Waals surface area contributed by atoms with Gasteiger partial charge in [0.15, 0.2) is 0 Å². The smallest absolute Gasteiger partial charge is 0.148 e. The van der Waals surface area contributed by atoms with Gasteiger partial charge in [-0.3, -0.25) is 4.98 Å². The second kappa shape index (κ2) is 3.52. The molecule has 3 N–H and O–H groups in total. The number of anilines is 2. The third-order valence-corrected chi connectivity index (χ3v) is 2.86. The Hall–Kier alpha value is -2.04. The molecule has 5 nitrogen and oxygen atoms in total. The molecule has 0 aliphatic carbocycles. The summed E-state index contributed by atoms with van der Waals surface area (Å²) in [5.74, 6) is 0.905. The van der Waals surface area contributed by atoms with Crippen molar-refractivity contribution in [3.63, 3.8) is 0 Å². The Balaban J connectivity index is 2.05. The normalized spacial score (nSPS) is 18.9. The lowest BCUT2D eigenvalue weighted by Gasteiger charge is -2.25. The maximum absolute atomic E-state index is 5.84. The number of nitrogens with one attached hydrogen (secondary N) is 1. The quantitative estimate of drug-likeness (QED) is 0.751. The molecule has 3 rings (SSSR count). The van der Waals surface area contributed by atoms with E-state index < -0.39 is 0 Å². The van der Waals surface area contributed by atoms with Gasteiger partial charge in [0.05, 0.1) is 23.6 Å². The largest absolute Gasteiger partial charge is 0.394 e. The number of nitrogens with zero attached hydrogens (tertiary/aromatic N) is 3. The molecule has 1 aliphatic heterocycles. The van der Waals surface area contributed by atoms with E-state index in [1.165, 1.54) is 0 Å². The molecule has 1 unspecified atom stereocenters. The van der Waals surface area contributed by atoms with Gasteiger partial charge < -0.3 is 11.1 Å². The maximum atomic E-state index is 5.84. The van der Waals surface area contributed by atoms with Crippen molar-refractivity contribution in [3.8, 4) is 0 Å². The second-order valence-electron chi connectivity index (χ2n) is 3.88. The molecule has 1 aliphatic rings. The summed E-state index contributed by atoms with van der Waals surface area (Å²) in [5, 5.41) is 7.56. The maximum Gasteiger partial charge on any atom is 0.148 e. The fourth-order valence-electron chi connectivity index (χ4n) is 2.09. The SMILES string of the molecule is Nc1cnn2c1NCCC2c1ccccn1. The van der Waals surface area contributed by atoms with Crippen LogP contribution in [0.4, 0.5) is 11.5 Å². The Morgan fingerprint density at radius 3 is 3.19 bits per heavy atom. The number of nitrogens with two attached hydrogens (primary N) is 1. The van der Waals surface area contributed by atoms with E-state index in [0.29, 0.717) is 5.69 Å². The van der Waals surface area contributed by atoms with Crippen LogP contribution in [0, 0.1) is 0 Å². The Labute approximate surface area is 93.3 Å². The highest BCUT2D eigenvalue weighted by Gasteiger charge is 2.24. The van der Waals surface area contributed by atoms with Crippen LogP contribution in [0.5, 0.6) is 0 Å². The van der Waals surface area contributed by atoms with E-state index in [0.717, 1.165) is 24.5 Å². The van der Waals surface area contributed by atoms with E-state index in [2.05, 4.69) is 15.4 Å². The van der Waals surface area contributed by atoms with Gasteiger partial charge in [-0.05, 0) is 18.6 Å². The first-order valence-electron chi connectivity index (χ1n) is 5.34. The van der Waals surface area contributed by atoms with Crippen molar-refractivity contribution >= 4 is 11.5 Å². The van der Waals surface area contributed by atoms with Crippen molar-refractivity contribution in [3.05, 3.63) is 36.3 Å². The molecule has 0 saturated carbocycles. The standard InChI is InChI=1S/C11H13N5/c12-8-7-15-16-10(4-6-14-11(8)16)9-3-1-2-5-13-9/h1-3,5,7,10,14H,4,6,12H2. The number of rotatable bonds is 1. The highest BCUT2D eigenvalue weighted by Crippen LogP contribution is 2.31. The molecule has 5 heteroatoms. The van der Waals surface area contributed by atoms with Crippen molar-refractivity contribution in [2.45, 2.75) is 12.5 Å². The van der Waals surface area contributed by atoms with Gasteiger partial charge in [0.1, 0.15) is 5.82 Å². The summed E-state index contributed by atoms with van der Waals surface area (Å²) in [5.41, 5.74) is 7.57. The summed E-state index contributed by atoms with van der Waals surface area (Å²) in [6, 6.07) is 6.13. The lowest BCUT2D eigenvalue weighted by molar-refractivity contribution is 0.472. The van der Waals surface area contributed by atoms with E-state index in [9.17, 15) is 0 Å². The Morgan fingerprint density at radius 2 is 2.38 bits per heavy atom. The van der Waals surface area contributed by atoms with Crippen LogP contribution in [-0.2, 0) is 0 Å². The van der Waals surface area contributed by atoms with Crippen LogP contribution in [0.3, 0.4) is 0 Å². The van der Waals surface area contributed by atoms with E-state index in [4.69, 9.17) is 5.73 Å². The monoisotopic (exact) mass is 215 g/mol. The molecule has 0 fully saturated rings. The molecule has 2 aromatic heterocycles. The van der Waals surface area contributed by atoms with E-state index in [1.54, 1.807) is 6.20 Å². The lowest BCUT2D eigenvalue weighted by Crippen LogP contribution is -2.25. The predicted molar refractivity (Wildman–Crippen MR) is 62.1 cm³/mol. The molecule has 3 heterocycles. The molecule has 0 radical (unpaired) electrons. The van der Waals surface area contributed by atoms with Crippen LogP contribution < -0.4 is 11.1 Å². The Kier molecular flexibility index (Phi) is 2.02. The van der Waals surface area contributed by atoms with Gasteiger partial charge in [0.2, 0.25) is 0 Å². The van der Waals surface area contributed by atoms with Crippen molar-refractivity contribution < 1.29 is 0 Å². The summed E-state index contributed by atoms with van der Waals surface area (Å²) in [4.78, 5) is 4.38. The van der Waals surface area contributed by atoms with Crippen molar-refractivity contribution in [1.29, 1.82) is 0 Å². The molecule has 1 atom stereocenters. The van der Waals surface area contributed by atoms with E-state index in [1.807, 2.05) is 29.1 Å². The second-order valence-corrected chi connectivity index (χ2v) is 3.88. The molecule has 0 saturated heterocycles. The van der Waals surface area contributed by atoms with Crippen molar-refractivity contribution in [2.75, 3.05) is 17.6 Å². The van der Waals surface area contributed by atoms with Gasteiger partial charge in [-0.15, -0.1) is 0 Å². The van der Waals surface area contributed by atoms with Crippen LogP contribution in [0.15, 0.2) is 30.6 Å². The molecule has 82 valence electrons. The summed E-state index contributed by atoms with van der Waals surface area (Å²) in [6.45, 7) is 0.900. The minimum absolute atomic E-state index is 0.190. The first kappa shape index (κ1) is 9.21. The Bertz CT molecular complexity index is 490. The fraction of sp³-hybridized carbons (Fsp3) is 0.273. The molecule has 2 aromatic rings. The van der Waals surface area contributed by atoms with Crippen molar-refractivity contribution in [2.24, 2.45) is 0 Å². The number of hydrogen-bond donors (Lipinski definition) is 2. The van der Waals surface area contributed by atoms with Gasteiger partial charge in [0, 0.05) is 12.7 Å². The molecular formula is C11H13N5. The minimum atomic E-state index is 0.190. The topological polar surface area (TPSA) is 68.8 Å². The number of nitrogen functional groups attached to an aromatic ring is 1. The third kappa shape index (κ3) is 1.32. The van der Waals surface area contributed by atoms with Gasteiger partial charge in [-0.25, -0.2) is 4.68 Å². The highest BCUT2D eigenvalue weighted by molar-refractivity contribution is 5.61. The zero-order valence-electron chi connectivity index (χ0n) is 8.80. The number of aromatic nitrogens is 3.